The molecular weight excluding hydrogens is 381 g/mol. The third-order valence-corrected chi connectivity index (χ3v) is 5.26. The summed E-state index contributed by atoms with van der Waals surface area (Å²) in [6, 6.07) is 7.79. The van der Waals surface area contributed by atoms with Gasteiger partial charge < -0.3 is 10.6 Å². The van der Waals surface area contributed by atoms with Crippen LogP contribution in [0.3, 0.4) is 0 Å². The maximum absolute atomic E-state index is 12.6. The highest BCUT2D eigenvalue weighted by Gasteiger charge is 2.35. The Morgan fingerprint density at radius 2 is 2.08 bits per heavy atom. The molecule has 0 bridgehead atoms. The fourth-order valence-electron chi connectivity index (χ4n) is 2.71. The molecule has 138 valence electrons. The monoisotopic (exact) mass is 403 g/mol. The number of carbonyl (C=O) groups is 1. The molecular formula is C16H23Cl2N5OS. The number of nitrogens with one attached hydrogen (secondary N) is 1. The van der Waals surface area contributed by atoms with Gasteiger partial charge >= 0.3 is 0 Å². The van der Waals surface area contributed by atoms with Crippen molar-refractivity contribution in [3.8, 4) is 0 Å². The average molecular weight is 404 g/mol. The number of H-pyrrole nitrogens is 1. The lowest BCUT2D eigenvalue weighted by atomic mass is 9.90. The molecule has 6 nitrogen and oxygen atoms in total. The fraction of sp³-hybridized carbons (Fsp3) is 0.438. The number of hydrogen-bond acceptors (Lipinski definition) is 5. The van der Waals surface area contributed by atoms with Crippen molar-refractivity contribution in [2.45, 2.75) is 24.3 Å². The summed E-state index contributed by atoms with van der Waals surface area (Å²) in [7, 11) is 0. The van der Waals surface area contributed by atoms with Crippen LogP contribution in [-0.2, 0) is 5.75 Å². The molecule has 1 aromatic carbocycles. The zero-order chi connectivity index (χ0) is 16.3. The summed E-state index contributed by atoms with van der Waals surface area (Å²) in [5.41, 5.74) is 7.75. The first-order chi connectivity index (χ1) is 11.1. The number of aromatic amines is 1. The molecule has 0 saturated carbocycles. The second kappa shape index (κ2) is 9.43. The van der Waals surface area contributed by atoms with Gasteiger partial charge in [0.05, 0.1) is 0 Å². The third kappa shape index (κ3) is 5.34. The van der Waals surface area contributed by atoms with Crippen LogP contribution in [0.4, 0.5) is 0 Å². The van der Waals surface area contributed by atoms with Crippen molar-refractivity contribution in [3.05, 3.63) is 41.7 Å². The highest BCUT2D eigenvalue weighted by atomic mass is 35.5. The van der Waals surface area contributed by atoms with E-state index in [1.165, 1.54) is 6.33 Å². The van der Waals surface area contributed by atoms with Gasteiger partial charge in [-0.3, -0.25) is 9.89 Å². The number of halogens is 2. The zero-order valence-corrected chi connectivity index (χ0v) is 16.4. The molecule has 25 heavy (non-hydrogen) atoms. The largest absolute Gasteiger partial charge is 0.338 e. The number of nitrogens with zero attached hydrogens (tertiary/aromatic N) is 3. The van der Waals surface area contributed by atoms with Crippen molar-refractivity contribution in [3.63, 3.8) is 0 Å². The van der Waals surface area contributed by atoms with Gasteiger partial charge in [-0.1, -0.05) is 30.8 Å². The van der Waals surface area contributed by atoms with Gasteiger partial charge in [0.15, 0.2) is 5.16 Å². The standard InChI is InChI=1S/C16H21N5OS.2ClH/c1-16(9-17)6-7-21(10-16)14(22)13-4-2-12(3-5-13)8-23-15-18-11-19-20-15;;/h2-5,11H,6-10,17H2,1H3,(H,18,19,20);2*1H. The maximum atomic E-state index is 12.6. The Morgan fingerprint density at radius 3 is 2.64 bits per heavy atom. The van der Waals surface area contributed by atoms with Gasteiger partial charge in [-0.05, 0) is 36.1 Å². The zero-order valence-electron chi connectivity index (χ0n) is 14.0. The van der Waals surface area contributed by atoms with Crippen molar-refractivity contribution < 1.29 is 4.79 Å². The smallest absolute Gasteiger partial charge is 0.253 e. The molecule has 2 aromatic rings. The van der Waals surface area contributed by atoms with Crippen molar-refractivity contribution in [1.29, 1.82) is 0 Å². The molecule has 1 saturated heterocycles. The van der Waals surface area contributed by atoms with E-state index >= 15 is 0 Å². The summed E-state index contributed by atoms with van der Waals surface area (Å²) in [6.07, 6.45) is 2.47. The van der Waals surface area contributed by atoms with Crippen molar-refractivity contribution in [2.24, 2.45) is 11.1 Å². The number of hydrogen-bond donors (Lipinski definition) is 2. The number of nitrogens with two attached hydrogens (primary N) is 1. The number of likely N-dealkylation sites (tertiary alicyclic amines) is 1. The lowest BCUT2D eigenvalue weighted by Gasteiger charge is -2.22. The van der Waals surface area contributed by atoms with Crippen molar-refractivity contribution in [1.82, 2.24) is 20.1 Å². The molecule has 1 unspecified atom stereocenters. The predicted octanol–water partition coefficient (Wildman–Crippen LogP) is 2.75. The average Bonchev–Trinajstić information content (AvgIpc) is 3.23. The van der Waals surface area contributed by atoms with Crippen LogP contribution < -0.4 is 5.73 Å². The Kier molecular flexibility index (Phi) is 8.21. The Hall–Kier alpha value is -1.28. The molecule has 0 radical (unpaired) electrons. The van der Waals surface area contributed by atoms with E-state index in [1.807, 2.05) is 29.2 Å². The Labute approximate surface area is 164 Å². The van der Waals surface area contributed by atoms with E-state index in [-0.39, 0.29) is 36.1 Å². The molecule has 1 amide bonds. The summed E-state index contributed by atoms with van der Waals surface area (Å²) in [5, 5.41) is 7.43. The van der Waals surface area contributed by atoms with Gasteiger partial charge in [0, 0.05) is 24.4 Å². The highest BCUT2D eigenvalue weighted by Crippen LogP contribution is 2.29. The van der Waals surface area contributed by atoms with Gasteiger partial charge in [-0.2, -0.15) is 5.10 Å². The van der Waals surface area contributed by atoms with Crippen LogP contribution in [0.15, 0.2) is 35.7 Å². The first kappa shape index (κ1) is 21.8. The molecule has 0 spiro atoms. The van der Waals surface area contributed by atoms with Crippen molar-refractivity contribution in [2.75, 3.05) is 19.6 Å². The summed E-state index contributed by atoms with van der Waals surface area (Å²) < 4.78 is 0. The van der Waals surface area contributed by atoms with Gasteiger partial charge in [0.2, 0.25) is 0 Å². The fourth-order valence-corrected chi connectivity index (χ4v) is 3.44. The lowest BCUT2D eigenvalue weighted by Crippen LogP contribution is -2.34. The van der Waals surface area contributed by atoms with E-state index in [1.54, 1.807) is 11.8 Å². The van der Waals surface area contributed by atoms with Gasteiger partial charge in [-0.15, -0.1) is 24.8 Å². The number of rotatable bonds is 5. The Bertz CT molecular complexity index is 668. The molecule has 1 aliphatic heterocycles. The van der Waals surface area contributed by atoms with Crippen LogP contribution >= 0.6 is 36.6 Å². The van der Waals surface area contributed by atoms with E-state index in [0.29, 0.717) is 6.54 Å². The van der Waals surface area contributed by atoms with Gasteiger partial charge in [0.1, 0.15) is 6.33 Å². The first-order valence-electron chi connectivity index (χ1n) is 7.66. The summed E-state index contributed by atoms with van der Waals surface area (Å²) in [6.45, 7) is 4.29. The Balaban J connectivity index is 0.00000156. The second-order valence-electron chi connectivity index (χ2n) is 6.27. The molecule has 9 heteroatoms. The topological polar surface area (TPSA) is 87.9 Å². The number of aromatic nitrogens is 3. The van der Waals surface area contributed by atoms with E-state index in [4.69, 9.17) is 5.73 Å². The summed E-state index contributed by atoms with van der Waals surface area (Å²) >= 11 is 1.58. The summed E-state index contributed by atoms with van der Waals surface area (Å²) in [4.78, 5) is 18.5. The van der Waals surface area contributed by atoms with Crippen LogP contribution in [0.25, 0.3) is 0 Å². The normalized spacial score (nSPS) is 19.2. The van der Waals surface area contributed by atoms with Crippen LogP contribution in [0, 0.1) is 5.41 Å². The first-order valence-corrected chi connectivity index (χ1v) is 8.65. The molecule has 1 atom stereocenters. The number of thioether (sulfide) groups is 1. The Morgan fingerprint density at radius 1 is 1.36 bits per heavy atom. The minimum absolute atomic E-state index is 0. The lowest BCUT2D eigenvalue weighted by molar-refractivity contribution is 0.0777. The molecule has 3 N–H and O–H groups in total. The van der Waals surface area contributed by atoms with E-state index in [0.717, 1.165) is 41.5 Å². The predicted molar refractivity (Wildman–Crippen MR) is 105 cm³/mol. The van der Waals surface area contributed by atoms with E-state index in [2.05, 4.69) is 22.1 Å². The van der Waals surface area contributed by atoms with Crippen LogP contribution in [0.2, 0.25) is 0 Å². The third-order valence-electron chi connectivity index (χ3n) is 4.31. The SMILES string of the molecule is CC1(CN)CCN(C(=O)c2ccc(CSc3ncn[nH]3)cc2)C1.Cl.Cl. The van der Waals surface area contributed by atoms with Gasteiger partial charge in [-0.25, -0.2) is 4.98 Å². The maximum Gasteiger partial charge on any atom is 0.253 e. The van der Waals surface area contributed by atoms with Crippen LogP contribution in [-0.4, -0.2) is 45.6 Å². The van der Waals surface area contributed by atoms with E-state index < -0.39 is 0 Å². The summed E-state index contributed by atoms with van der Waals surface area (Å²) in [5.74, 6) is 0.884. The molecule has 1 aliphatic rings. The second-order valence-corrected chi connectivity index (χ2v) is 7.23. The van der Waals surface area contributed by atoms with Gasteiger partial charge in [0.25, 0.3) is 5.91 Å². The number of amides is 1. The van der Waals surface area contributed by atoms with Crippen LogP contribution in [0.5, 0.6) is 0 Å². The molecule has 3 rings (SSSR count). The minimum Gasteiger partial charge on any atom is -0.338 e. The molecule has 2 heterocycles. The minimum atomic E-state index is 0. The quantitative estimate of drug-likeness (QED) is 0.749. The van der Waals surface area contributed by atoms with Crippen molar-refractivity contribution >= 4 is 42.5 Å². The molecule has 1 aromatic heterocycles. The number of benzene rings is 1. The highest BCUT2D eigenvalue weighted by molar-refractivity contribution is 7.98. The molecule has 1 fully saturated rings. The van der Waals surface area contributed by atoms with E-state index in [9.17, 15) is 4.79 Å². The van der Waals surface area contributed by atoms with Crippen LogP contribution in [0.1, 0.15) is 29.3 Å². The number of carbonyl (C=O) groups excluding carboxylic acids is 1. The molecule has 0 aliphatic carbocycles.